The van der Waals surface area contributed by atoms with Gasteiger partial charge in [0.25, 0.3) is 0 Å². The number of carbonyl (C=O) groups excluding carboxylic acids is 1. The van der Waals surface area contributed by atoms with Crippen LogP contribution in [-0.2, 0) is 14.8 Å². The number of rotatable bonds is 4. The summed E-state index contributed by atoms with van der Waals surface area (Å²) in [5.74, 6) is 1.50. The summed E-state index contributed by atoms with van der Waals surface area (Å²) in [5.41, 5.74) is 0. The molecule has 1 heterocycles. The van der Waals surface area contributed by atoms with Crippen molar-refractivity contribution in [3.63, 3.8) is 0 Å². The van der Waals surface area contributed by atoms with Crippen LogP contribution in [0.25, 0.3) is 0 Å². The van der Waals surface area contributed by atoms with Crippen LogP contribution in [0.5, 0.6) is 0 Å². The minimum Gasteiger partial charge on any atom is -0.340 e. The predicted octanol–water partition coefficient (Wildman–Crippen LogP) is 1.94. The smallest absolute Gasteiger partial charge is 0.226 e. The third-order valence-corrected chi connectivity index (χ3v) is 6.83. The molecular weight excluding hydrogens is 300 g/mol. The van der Waals surface area contributed by atoms with Crippen LogP contribution in [0.2, 0.25) is 0 Å². The molecule has 2 fully saturated rings. The standard InChI is InChI=1S/C16H30N2O3S/c1-4-13(2)14-7-5-6-8-15(14)16(19)17-9-11-18(12-10-17)22(3,20)21/h13-15H,4-12H2,1-3H3. The molecule has 1 saturated carbocycles. The third-order valence-electron chi connectivity index (χ3n) is 5.53. The van der Waals surface area contributed by atoms with Crippen molar-refractivity contribution in [2.75, 3.05) is 32.4 Å². The van der Waals surface area contributed by atoms with Crippen molar-refractivity contribution >= 4 is 15.9 Å². The number of carbonyl (C=O) groups is 1. The van der Waals surface area contributed by atoms with E-state index in [-0.39, 0.29) is 11.8 Å². The molecule has 128 valence electrons. The van der Waals surface area contributed by atoms with Crippen LogP contribution in [0.4, 0.5) is 0 Å². The Hall–Kier alpha value is -0.620. The minimum atomic E-state index is -3.13. The van der Waals surface area contributed by atoms with Crippen LogP contribution in [-0.4, -0.2) is 56.0 Å². The van der Waals surface area contributed by atoms with Crippen LogP contribution >= 0.6 is 0 Å². The fourth-order valence-corrected chi connectivity index (χ4v) is 4.75. The highest BCUT2D eigenvalue weighted by atomic mass is 32.2. The van der Waals surface area contributed by atoms with Crippen molar-refractivity contribution in [1.29, 1.82) is 0 Å². The summed E-state index contributed by atoms with van der Waals surface area (Å²) in [7, 11) is -3.13. The van der Waals surface area contributed by atoms with E-state index in [2.05, 4.69) is 13.8 Å². The second-order valence-electron chi connectivity index (χ2n) is 6.93. The van der Waals surface area contributed by atoms with Crippen molar-refractivity contribution in [1.82, 2.24) is 9.21 Å². The number of hydrogen-bond donors (Lipinski definition) is 0. The van der Waals surface area contributed by atoms with Crippen LogP contribution < -0.4 is 0 Å². The lowest BCUT2D eigenvalue weighted by molar-refractivity contribution is -0.140. The number of amides is 1. The molecule has 0 spiro atoms. The molecule has 1 amide bonds. The normalized spacial score (nSPS) is 29.3. The average molecular weight is 330 g/mol. The summed E-state index contributed by atoms with van der Waals surface area (Å²) in [5, 5.41) is 0. The van der Waals surface area contributed by atoms with Crippen molar-refractivity contribution < 1.29 is 13.2 Å². The van der Waals surface area contributed by atoms with Crippen LogP contribution in [0, 0.1) is 17.8 Å². The van der Waals surface area contributed by atoms with Gasteiger partial charge in [-0.15, -0.1) is 0 Å². The molecule has 6 heteroatoms. The first-order chi connectivity index (χ1) is 10.3. The Morgan fingerprint density at radius 3 is 2.27 bits per heavy atom. The summed E-state index contributed by atoms with van der Waals surface area (Å²) < 4.78 is 24.6. The Bertz CT molecular complexity index is 484. The first-order valence-electron chi connectivity index (χ1n) is 8.58. The Morgan fingerprint density at radius 1 is 1.14 bits per heavy atom. The van der Waals surface area contributed by atoms with Gasteiger partial charge in [0.1, 0.15) is 0 Å². The van der Waals surface area contributed by atoms with Gasteiger partial charge in [0, 0.05) is 32.1 Å². The molecule has 2 rings (SSSR count). The zero-order chi connectivity index (χ0) is 16.3. The highest BCUT2D eigenvalue weighted by Crippen LogP contribution is 2.37. The molecule has 22 heavy (non-hydrogen) atoms. The van der Waals surface area contributed by atoms with E-state index < -0.39 is 10.0 Å². The van der Waals surface area contributed by atoms with Gasteiger partial charge in [-0.05, 0) is 24.7 Å². The predicted molar refractivity (Wildman–Crippen MR) is 87.9 cm³/mol. The highest BCUT2D eigenvalue weighted by Gasteiger charge is 2.37. The lowest BCUT2D eigenvalue weighted by atomic mass is 9.71. The van der Waals surface area contributed by atoms with Crippen molar-refractivity contribution in [2.24, 2.45) is 17.8 Å². The van der Waals surface area contributed by atoms with E-state index in [4.69, 9.17) is 0 Å². The molecule has 0 radical (unpaired) electrons. The van der Waals surface area contributed by atoms with Crippen molar-refractivity contribution in [3.8, 4) is 0 Å². The number of nitrogens with zero attached hydrogens (tertiary/aromatic N) is 2. The molecule has 0 aromatic carbocycles. The maximum Gasteiger partial charge on any atom is 0.226 e. The van der Waals surface area contributed by atoms with Crippen molar-refractivity contribution in [3.05, 3.63) is 0 Å². The Balaban J connectivity index is 1.99. The summed E-state index contributed by atoms with van der Waals surface area (Å²) in [6.45, 7) is 6.41. The first-order valence-corrected chi connectivity index (χ1v) is 10.4. The molecule has 3 atom stereocenters. The van der Waals surface area contributed by atoms with Gasteiger partial charge >= 0.3 is 0 Å². The molecule has 1 saturated heterocycles. The lowest BCUT2D eigenvalue weighted by Gasteiger charge is -2.40. The highest BCUT2D eigenvalue weighted by molar-refractivity contribution is 7.88. The molecule has 1 aliphatic heterocycles. The lowest BCUT2D eigenvalue weighted by Crippen LogP contribution is -2.52. The molecule has 2 aliphatic rings. The van der Waals surface area contributed by atoms with E-state index in [1.807, 2.05) is 4.90 Å². The van der Waals surface area contributed by atoms with Gasteiger partial charge in [-0.3, -0.25) is 4.79 Å². The quantitative estimate of drug-likeness (QED) is 0.791. The minimum absolute atomic E-state index is 0.147. The molecule has 0 aromatic rings. The molecule has 0 bridgehead atoms. The largest absolute Gasteiger partial charge is 0.340 e. The van der Waals surface area contributed by atoms with Crippen molar-refractivity contribution in [2.45, 2.75) is 46.0 Å². The summed E-state index contributed by atoms with van der Waals surface area (Å²) >= 11 is 0. The topological polar surface area (TPSA) is 57.7 Å². The van der Waals surface area contributed by atoms with E-state index in [1.54, 1.807) is 0 Å². The number of sulfonamides is 1. The fraction of sp³-hybridized carbons (Fsp3) is 0.938. The second-order valence-corrected chi connectivity index (χ2v) is 8.91. The van der Waals surface area contributed by atoms with Crippen LogP contribution in [0.1, 0.15) is 46.0 Å². The summed E-state index contributed by atoms with van der Waals surface area (Å²) in [4.78, 5) is 14.8. The molecule has 0 N–H and O–H groups in total. The monoisotopic (exact) mass is 330 g/mol. The van der Waals surface area contributed by atoms with Crippen LogP contribution in [0.15, 0.2) is 0 Å². The van der Waals surface area contributed by atoms with Gasteiger partial charge in [0.2, 0.25) is 15.9 Å². The Morgan fingerprint density at radius 2 is 1.73 bits per heavy atom. The van der Waals surface area contributed by atoms with E-state index in [0.29, 0.717) is 38.0 Å². The zero-order valence-electron chi connectivity index (χ0n) is 14.1. The fourth-order valence-electron chi connectivity index (χ4n) is 3.92. The molecule has 3 unspecified atom stereocenters. The molecule has 5 nitrogen and oxygen atoms in total. The van der Waals surface area contributed by atoms with E-state index in [1.165, 1.54) is 17.0 Å². The van der Waals surface area contributed by atoms with Gasteiger partial charge in [-0.1, -0.05) is 33.1 Å². The van der Waals surface area contributed by atoms with E-state index in [9.17, 15) is 13.2 Å². The van der Waals surface area contributed by atoms with Gasteiger partial charge < -0.3 is 4.90 Å². The number of hydrogen-bond acceptors (Lipinski definition) is 3. The zero-order valence-corrected chi connectivity index (χ0v) is 14.9. The van der Waals surface area contributed by atoms with Gasteiger partial charge in [0.15, 0.2) is 0 Å². The third kappa shape index (κ3) is 4.02. The molecule has 0 aromatic heterocycles. The Labute approximate surface area is 135 Å². The summed E-state index contributed by atoms with van der Waals surface area (Å²) in [6.07, 6.45) is 6.91. The van der Waals surface area contributed by atoms with Gasteiger partial charge in [-0.2, -0.15) is 4.31 Å². The first kappa shape index (κ1) is 17.7. The summed E-state index contributed by atoms with van der Waals surface area (Å²) in [6, 6.07) is 0. The maximum absolute atomic E-state index is 12.9. The second kappa shape index (κ2) is 7.30. The Kier molecular flexibility index (Phi) is 5.88. The molecule has 1 aliphatic carbocycles. The SMILES string of the molecule is CCC(C)C1CCCCC1C(=O)N1CCN(S(C)(=O)=O)CC1. The van der Waals surface area contributed by atoms with E-state index in [0.717, 1.165) is 25.7 Å². The molecular formula is C16H30N2O3S. The van der Waals surface area contributed by atoms with Gasteiger partial charge in [0.05, 0.1) is 6.26 Å². The van der Waals surface area contributed by atoms with Crippen LogP contribution in [0.3, 0.4) is 0 Å². The number of piperazine rings is 1. The van der Waals surface area contributed by atoms with E-state index >= 15 is 0 Å². The van der Waals surface area contributed by atoms with Gasteiger partial charge in [-0.25, -0.2) is 8.42 Å². The maximum atomic E-state index is 12.9. The average Bonchev–Trinajstić information content (AvgIpc) is 2.52.